The van der Waals surface area contributed by atoms with Crippen molar-refractivity contribution in [2.24, 2.45) is 0 Å². The second-order valence-electron chi connectivity index (χ2n) is 4.09. The van der Waals surface area contributed by atoms with E-state index in [1.807, 2.05) is 18.3 Å². The molecule has 0 amide bonds. The molecule has 1 nitrogen and oxygen atoms in total. The third-order valence-electron chi connectivity index (χ3n) is 2.92. The fraction of sp³-hybridized carbons (Fsp3) is 0.214. The number of thiophene rings is 1. The summed E-state index contributed by atoms with van der Waals surface area (Å²) in [4.78, 5) is 4.65. The summed E-state index contributed by atoms with van der Waals surface area (Å²) in [6.45, 7) is 4.24. The molecule has 0 aliphatic heterocycles. The summed E-state index contributed by atoms with van der Waals surface area (Å²) in [7, 11) is 0. The quantitative estimate of drug-likeness (QED) is 0.603. The van der Waals surface area contributed by atoms with Crippen LogP contribution in [-0.2, 0) is 6.42 Å². The maximum absolute atomic E-state index is 4.65. The second-order valence-corrected chi connectivity index (χ2v) is 5.17. The van der Waals surface area contributed by atoms with Gasteiger partial charge in [0.1, 0.15) is 0 Å². The monoisotopic (exact) mass is 227 g/mol. The summed E-state index contributed by atoms with van der Waals surface area (Å²) in [5.74, 6) is 0. The molecule has 0 spiro atoms. The van der Waals surface area contributed by atoms with Gasteiger partial charge < -0.3 is 0 Å². The van der Waals surface area contributed by atoms with Crippen molar-refractivity contribution in [3.63, 3.8) is 0 Å². The average Bonchev–Trinajstić information content (AvgIpc) is 2.66. The summed E-state index contributed by atoms with van der Waals surface area (Å²) in [6, 6.07) is 11.0. The van der Waals surface area contributed by atoms with Crippen LogP contribution in [0, 0.1) is 6.92 Å². The van der Waals surface area contributed by atoms with Gasteiger partial charge >= 0.3 is 0 Å². The molecule has 80 valence electrons. The number of rotatable bonds is 1. The molecule has 1 aromatic carbocycles. The number of hydrogen-bond acceptors (Lipinski definition) is 2. The SMILES string of the molecule is CCc1ccc2sc3ccc(C)nc3c2c1. The predicted molar refractivity (Wildman–Crippen MR) is 71.2 cm³/mol. The smallest absolute Gasteiger partial charge is 0.0891 e. The van der Waals surface area contributed by atoms with E-state index in [1.54, 1.807) is 0 Å². The van der Waals surface area contributed by atoms with Gasteiger partial charge in [0.25, 0.3) is 0 Å². The van der Waals surface area contributed by atoms with E-state index in [1.165, 1.54) is 20.3 Å². The van der Waals surface area contributed by atoms with Crippen LogP contribution < -0.4 is 0 Å². The van der Waals surface area contributed by atoms with Crippen molar-refractivity contribution in [2.75, 3.05) is 0 Å². The minimum Gasteiger partial charge on any atom is -0.252 e. The van der Waals surface area contributed by atoms with E-state index >= 15 is 0 Å². The highest BCUT2D eigenvalue weighted by atomic mass is 32.1. The van der Waals surface area contributed by atoms with Gasteiger partial charge in [-0.2, -0.15) is 0 Å². The molecule has 0 aliphatic rings. The summed E-state index contributed by atoms with van der Waals surface area (Å²) in [5, 5.41) is 1.31. The topological polar surface area (TPSA) is 12.9 Å². The van der Waals surface area contributed by atoms with Crippen molar-refractivity contribution in [3.05, 3.63) is 41.6 Å². The Balaban J connectivity index is 2.44. The molecule has 2 aromatic heterocycles. The van der Waals surface area contributed by atoms with Gasteiger partial charge in [-0.15, -0.1) is 11.3 Å². The number of hydrogen-bond donors (Lipinski definition) is 0. The van der Waals surface area contributed by atoms with E-state index in [4.69, 9.17) is 0 Å². The summed E-state index contributed by atoms with van der Waals surface area (Å²) in [6.07, 6.45) is 1.08. The summed E-state index contributed by atoms with van der Waals surface area (Å²) >= 11 is 1.83. The first-order chi connectivity index (χ1) is 7.78. The molecule has 0 radical (unpaired) electrons. The zero-order valence-corrected chi connectivity index (χ0v) is 10.3. The number of aromatic nitrogens is 1. The van der Waals surface area contributed by atoms with Gasteiger partial charge in [0.2, 0.25) is 0 Å². The van der Waals surface area contributed by atoms with Crippen LogP contribution >= 0.6 is 11.3 Å². The Morgan fingerprint density at radius 1 is 1.12 bits per heavy atom. The molecule has 0 saturated heterocycles. The summed E-state index contributed by atoms with van der Waals surface area (Å²) < 4.78 is 2.62. The Kier molecular flexibility index (Phi) is 2.18. The fourth-order valence-electron chi connectivity index (χ4n) is 2.01. The Morgan fingerprint density at radius 3 is 2.75 bits per heavy atom. The first-order valence-corrected chi connectivity index (χ1v) is 6.38. The zero-order chi connectivity index (χ0) is 11.1. The number of benzene rings is 1. The summed E-state index contributed by atoms with van der Waals surface area (Å²) in [5.41, 5.74) is 3.64. The molecule has 3 rings (SSSR count). The minimum atomic E-state index is 1.08. The van der Waals surface area contributed by atoms with E-state index in [-0.39, 0.29) is 0 Å². The highest BCUT2D eigenvalue weighted by Crippen LogP contribution is 2.33. The van der Waals surface area contributed by atoms with Crippen LogP contribution in [0.15, 0.2) is 30.3 Å². The largest absolute Gasteiger partial charge is 0.252 e. The predicted octanol–water partition coefficient (Wildman–Crippen LogP) is 4.32. The average molecular weight is 227 g/mol. The van der Waals surface area contributed by atoms with Gasteiger partial charge in [-0.05, 0) is 43.2 Å². The molecule has 0 bridgehead atoms. The molecule has 2 heterocycles. The number of pyridine rings is 1. The van der Waals surface area contributed by atoms with E-state index in [9.17, 15) is 0 Å². The standard InChI is InChI=1S/C14H13NS/c1-3-10-5-7-12-11(8-10)14-13(16-12)6-4-9(2)15-14/h4-8H,3H2,1-2H3. The molecule has 0 atom stereocenters. The molecule has 3 aromatic rings. The van der Waals surface area contributed by atoms with Crippen molar-refractivity contribution < 1.29 is 0 Å². The Morgan fingerprint density at radius 2 is 1.94 bits per heavy atom. The maximum Gasteiger partial charge on any atom is 0.0891 e. The number of nitrogens with zero attached hydrogens (tertiary/aromatic N) is 1. The van der Waals surface area contributed by atoms with Crippen molar-refractivity contribution in [1.29, 1.82) is 0 Å². The lowest BCUT2D eigenvalue weighted by molar-refractivity contribution is 1.15. The van der Waals surface area contributed by atoms with Crippen LogP contribution in [-0.4, -0.2) is 4.98 Å². The third-order valence-corrected chi connectivity index (χ3v) is 4.05. The molecule has 0 N–H and O–H groups in total. The van der Waals surface area contributed by atoms with Crippen LogP contribution in [0.25, 0.3) is 20.3 Å². The lowest BCUT2D eigenvalue weighted by Gasteiger charge is -1.97. The highest BCUT2D eigenvalue weighted by molar-refractivity contribution is 7.25. The lowest BCUT2D eigenvalue weighted by Crippen LogP contribution is -1.81. The van der Waals surface area contributed by atoms with E-state index in [0.29, 0.717) is 0 Å². The molecule has 16 heavy (non-hydrogen) atoms. The number of aryl methyl sites for hydroxylation is 2. The van der Waals surface area contributed by atoms with Gasteiger partial charge in [-0.25, -0.2) is 0 Å². The van der Waals surface area contributed by atoms with Gasteiger partial charge in [0.15, 0.2) is 0 Å². The first-order valence-electron chi connectivity index (χ1n) is 5.56. The highest BCUT2D eigenvalue weighted by Gasteiger charge is 2.06. The number of fused-ring (bicyclic) bond motifs is 3. The van der Waals surface area contributed by atoms with Gasteiger partial charge in [-0.1, -0.05) is 13.0 Å². The molecular weight excluding hydrogens is 214 g/mol. The van der Waals surface area contributed by atoms with Crippen molar-refractivity contribution in [1.82, 2.24) is 4.98 Å². The van der Waals surface area contributed by atoms with Crippen LogP contribution in [0.2, 0.25) is 0 Å². The minimum absolute atomic E-state index is 1.08. The Bertz CT molecular complexity index is 667. The van der Waals surface area contributed by atoms with E-state index < -0.39 is 0 Å². The van der Waals surface area contributed by atoms with Crippen molar-refractivity contribution in [3.8, 4) is 0 Å². The first kappa shape index (κ1) is 9.79. The molecule has 0 saturated carbocycles. The van der Waals surface area contributed by atoms with Crippen LogP contribution in [0.4, 0.5) is 0 Å². The molecule has 2 heteroatoms. The zero-order valence-electron chi connectivity index (χ0n) is 9.45. The van der Waals surface area contributed by atoms with Gasteiger partial charge in [0.05, 0.1) is 10.2 Å². The fourth-order valence-corrected chi connectivity index (χ4v) is 3.04. The van der Waals surface area contributed by atoms with E-state index in [2.05, 4.69) is 42.2 Å². The molecule has 0 fully saturated rings. The van der Waals surface area contributed by atoms with Gasteiger partial charge in [0, 0.05) is 15.8 Å². The third kappa shape index (κ3) is 1.41. The maximum atomic E-state index is 4.65. The normalized spacial score (nSPS) is 11.4. The molecule has 0 unspecified atom stereocenters. The van der Waals surface area contributed by atoms with Crippen LogP contribution in [0.1, 0.15) is 18.2 Å². The molecule has 0 aliphatic carbocycles. The van der Waals surface area contributed by atoms with Crippen LogP contribution in [0.5, 0.6) is 0 Å². The van der Waals surface area contributed by atoms with Crippen molar-refractivity contribution >= 4 is 31.6 Å². The lowest BCUT2D eigenvalue weighted by atomic mass is 10.1. The van der Waals surface area contributed by atoms with Gasteiger partial charge in [-0.3, -0.25) is 4.98 Å². The van der Waals surface area contributed by atoms with Crippen molar-refractivity contribution in [2.45, 2.75) is 20.3 Å². The Labute approximate surface area is 98.7 Å². The molecular formula is C14H13NS. The van der Waals surface area contributed by atoms with E-state index in [0.717, 1.165) is 17.6 Å². The Hall–Kier alpha value is -1.41. The van der Waals surface area contributed by atoms with Crippen LogP contribution in [0.3, 0.4) is 0 Å². The second kappa shape index (κ2) is 3.56.